The van der Waals surface area contributed by atoms with E-state index in [1.54, 1.807) is 0 Å². The Hall–Kier alpha value is -0.920. The molecule has 0 fully saturated rings. The van der Waals surface area contributed by atoms with Crippen molar-refractivity contribution in [1.82, 2.24) is 0 Å². The largest absolute Gasteiger partial charge is 0.397 e. The molecule has 0 amide bonds. The molecule has 0 atom stereocenters. The zero-order valence-electron chi connectivity index (χ0n) is 11.7. The molecule has 0 aromatic carbocycles. The van der Waals surface area contributed by atoms with Gasteiger partial charge in [0.15, 0.2) is 0 Å². The van der Waals surface area contributed by atoms with Crippen LogP contribution in [0, 0.1) is 11.8 Å². The number of rotatable bonds is 5. The predicted molar refractivity (Wildman–Crippen MR) is 72.7 cm³/mol. The molecule has 2 nitrogen and oxygen atoms in total. The summed E-state index contributed by atoms with van der Waals surface area (Å²) in [4.78, 5) is 0. The highest BCUT2D eigenvalue weighted by Gasteiger charge is 2.07. The van der Waals surface area contributed by atoms with Crippen molar-refractivity contribution in [2.45, 2.75) is 54.4 Å². The van der Waals surface area contributed by atoms with Gasteiger partial charge in [0.05, 0.1) is 11.4 Å². The number of hydrogen-bond donors (Lipinski definition) is 2. The van der Waals surface area contributed by atoms with Gasteiger partial charge < -0.3 is 11.5 Å². The predicted octanol–water partition coefficient (Wildman–Crippen LogP) is 3.54. The van der Waals surface area contributed by atoms with E-state index in [1.165, 1.54) is 11.1 Å². The van der Waals surface area contributed by atoms with Gasteiger partial charge in [-0.05, 0) is 49.7 Å². The highest BCUT2D eigenvalue weighted by molar-refractivity contribution is 5.33. The van der Waals surface area contributed by atoms with Crippen LogP contribution >= 0.6 is 0 Å². The summed E-state index contributed by atoms with van der Waals surface area (Å²) in [5.41, 5.74) is 16.1. The Labute approximate surface area is 101 Å². The van der Waals surface area contributed by atoms with E-state index in [2.05, 4.69) is 41.5 Å². The van der Waals surface area contributed by atoms with Gasteiger partial charge in [-0.25, -0.2) is 0 Å². The lowest BCUT2D eigenvalue weighted by Crippen LogP contribution is -2.15. The van der Waals surface area contributed by atoms with Gasteiger partial charge in [0, 0.05) is 0 Å². The third kappa shape index (κ3) is 5.24. The van der Waals surface area contributed by atoms with Gasteiger partial charge in [0.1, 0.15) is 0 Å². The van der Waals surface area contributed by atoms with Crippen molar-refractivity contribution >= 4 is 0 Å². The Balaban J connectivity index is 4.88. The molecule has 0 saturated carbocycles. The zero-order valence-corrected chi connectivity index (χ0v) is 11.7. The van der Waals surface area contributed by atoms with Crippen molar-refractivity contribution in [3.05, 3.63) is 22.5 Å². The Bertz CT molecular complexity index is 253. The fourth-order valence-electron chi connectivity index (χ4n) is 1.90. The fraction of sp³-hybridized carbons (Fsp3) is 0.714. The molecule has 0 saturated heterocycles. The lowest BCUT2D eigenvalue weighted by molar-refractivity contribution is 0.631. The topological polar surface area (TPSA) is 52.0 Å². The summed E-state index contributed by atoms with van der Waals surface area (Å²) in [6.07, 6.45) is 2.03. The Morgan fingerprint density at radius 2 is 1.00 bits per heavy atom. The van der Waals surface area contributed by atoms with E-state index in [0.29, 0.717) is 11.8 Å². The quantitative estimate of drug-likeness (QED) is 0.702. The SMILES string of the molecule is C/C(CC(C)C)=C(N)/C(N)=C(/C)CC(C)C. The lowest BCUT2D eigenvalue weighted by atomic mass is 9.97. The third-order valence-corrected chi connectivity index (χ3v) is 2.64. The average Bonchev–Trinajstić information content (AvgIpc) is 2.13. The van der Waals surface area contributed by atoms with Crippen molar-refractivity contribution in [3.63, 3.8) is 0 Å². The number of nitrogens with two attached hydrogens (primary N) is 2. The van der Waals surface area contributed by atoms with Crippen LogP contribution < -0.4 is 11.5 Å². The van der Waals surface area contributed by atoms with Crippen molar-refractivity contribution in [1.29, 1.82) is 0 Å². The molecule has 16 heavy (non-hydrogen) atoms. The molecule has 0 aliphatic heterocycles. The first-order valence-electron chi connectivity index (χ1n) is 6.16. The van der Waals surface area contributed by atoms with Crippen LogP contribution in [0.5, 0.6) is 0 Å². The molecule has 0 unspecified atom stereocenters. The molecule has 0 aromatic rings. The van der Waals surface area contributed by atoms with Crippen LogP contribution in [0.4, 0.5) is 0 Å². The summed E-state index contributed by atoms with van der Waals surface area (Å²) in [5.74, 6) is 1.24. The van der Waals surface area contributed by atoms with Gasteiger partial charge >= 0.3 is 0 Å². The van der Waals surface area contributed by atoms with Crippen LogP contribution in [0.25, 0.3) is 0 Å². The molecular weight excluding hydrogens is 196 g/mol. The number of allylic oxidation sites excluding steroid dienone is 2. The maximum atomic E-state index is 6.08. The van der Waals surface area contributed by atoms with E-state index in [0.717, 1.165) is 24.2 Å². The van der Waals surface area contributed by atoms with Crippen LogP contribution in [0.2, 0.25) is 0 Å². The number of hydrogen-bond acceptors (Lipinski definition) is 2. The third-order valence-electron chi connectivity index (χ3n) is 2.64. The van der Waals surface area contributed by atoms with Gasteiger partial charge in [0.25, 0.3) is 0 Å². The molecule has 2 heteroatoms. The van der Waals surface area contributed by atoms with Crippen LogP contribution in [-0.4, -0.2) is 0 Å². The van der Waals surface area contributed by atoms with Gasteiger partial charge in [-0.1, -0.05) is 27.7 Å². The summed E-state index contributed by atoms with van der Waals surface area (Å²) < 4.78 is 0. The van der Waals surface area contributed by atoms with Crippen molar-refractivity contribution in [2.24, 2.45) is 23.3 Å². The highest BCUT2D eigenvalue weighted by Crippen LogP contribution is 2.19. The van der Waals surface area contributed by atoms with E-state index in [9.17, 15) is 0 Å². The normalized spacial score (nSPS) is 15.2. The summed E-state index contributed by atoms with van der Waals surface area (Å²) >= 11 is 0. The summed E-state index contributed by atoms with van der Waals surface area (Å²) in [7, 11) is 0. The Kier molecular flexibility index (Phi) is 6.24. The first-order valence-corrected chi connectivity index (χ1v) is 6.16. The maximum absolute atomic E-state index is 6.08. The molecule has 0 heterocycles. The molecular formula is C14H28N2. The molecule has 94 valence electrons. The molecule has 0 rings (SSSR count). The van der Waals surface area contributed by atoms with E-state index >= 15 is 0 Å². The summed E-state index contributed by atoms with van der Waals surface area (Å²) in [6, 6.07) is 0. The standard InChI is InChI=1S/C14H28N2/c1-9(2)7-11(5)13(15)14(16)12(6)8-10(3)4/h9-10H,7-8,15-16H2,1-6H3/b13-11+,14-12+. The van der Waals surface area contributed by atoms with Crippen LogP contribution in [0.1, 0.15) is 54.4 Å². The second-order valence-corrected chi connectivity index (χ2v) is 5.58. The zero-order chi connectivity index (χ0) is 12.9. The minimum atomic E-state index is 0.622. The summed E-state index contributed by atoms with van der Waals surface area (Å²) in [5, 5.41) is 0. The van der Waals surface area contributed by atoms with E-state index in [4.69, 9.17) is 11.5 Å². The van der Waals surface area contributed by atoms with Gasteiger partial charge in [-0.15, -0.1) is 0 Å². The molecule has 0 spiro atoms. The van der Waals surface area contributed by atoms with Crippen molar-refractivity contribution < 1.29 is 0 Å². The Morgan fingerprint density at radius 3 is 1.19 bits per heavy atom. The monoisotopic (exact) mass is 224 g/mol. The maximum Gasteiger partial charge on any atom is 0.0536 e. The molecule has 0 aliphatic rings. The molecule has 0 radical (unpaired) electrons. The summed E-state index contributed by atoms with van der Waals surface area (Å²) in [6.45, 7) is 12.9. The first-order chi connectivity index (χ1) is 7.25. The van der Waals surface area contributed by atoms with Crippen LogP contribution in [0.15, 0.2) is 22.5 Å². The van der Waals surface area contributed by atoms with Crippen LogP contribution in [-0.2, 0) is 0 Å². The second-order valence-electron chi connectivity index (χ2n) is 5.58. The second kappa shape index (κ2) is 6.62. The van der Waals surface area contributed by atoms with Gasteiger partial charge in [-0.3, -0.25) is 0 Å². The molecule has 0 bridgehead atoms. The van der Waals surface area contributed by atoms with Gasteiger partial charge in [0.2, 0.25) is 0 Å². The lowest BCUT2D eigenvalue weighted by Gasteiger charge is -2.14. The fourth-order valence-corrected chi connectivity index (χ4v) is 1.90. The minimum absolute atomic E-state index is 0.622. The van der Waals surface area contributed by atoms with Gasteiger partial charge in [-0.2, -0.15) is 0 Å². The van der Waals surface area contributed by atoms with E-state index in [1.807, 2.05) is 0 Å². The van der Waals surface area contributed by atoms with Crippen LogP contribution in [0.3, 0.4) is 0 Å². The smallest absolute Gasteiger partial charge is 0.0536 e. The van der Waals surface area contributed by atoms with E-state index in [-0.39, 0.29) is 0 Å². The molecule has 4 N–H and O–H groups in total. The van der Waals surface area contributed by atoms with E-state index < -0.39 is 0 Å². The first kappa shape index (κ1) is 15.1. The molecule has 0 aliphatic carbocycles. The van der Waals surface area contributed by atoms with Crippen molar-refractivity contribution in [3.8, 4) is 0 Å². The Morgan fingerprint density at radius 1 is 0.750 bits per heavy atom. The highest BCUT2D eigenvalue weighted by atomic mass is 14.7. The minimum Gasteiger partial charge on any atom is -0.397 e. The average molecular weight is 224 g/mol. The molecule has 0 aromatic heterocycles. The van der Waals surface area contributed by atoms with Crippen molar-refractivity contribution in [2.75, 3.05) is 0 Å².